The number of hydrogen-bond acceptors (Lipinski definition) is 4. The van der Waals surface area contributed by atoms with Crippen LogP contribution in [0, 0.1) is 6.92 Å². The third-order valence-corrected chi connectivity index (χ3v) is 4.49. The second kappa shape index (κ2) is 9.14. The quantitative estimate of drug-likeness (QED) is 0.581. The van der Waals surface area contributed by atoms with Crippen molar-refractivity contribution >= 4 is 29.1 Å². The van der Waals surface area contributed by atoms with Gasteiger partial charge in [-0.15, -0.1) is 0 Å². The van der Waals surface area contributed by atoms with E-state index in [1.807, 2.05) is 37.3 Å². The molecule has 0 aliphatic heterocycles. The van der Waals surface area contributed by atoms with E-state index in [0.717, 1.165) is 24.9 Å². The Hall–Kier alpha value is -2.92. The maximum atomic E-state index is 12.4. The molecule has 2 N–H and O–H groups in total. The summed E-state index contributed by atoms with van der Waals surface area (Å²) in [5, 5.41) is 6.58. The first-order valence-electron chi connectivity index (χ1n) is 8.80. The molecule has 1 amide bonds. The van der Waals surface area contributed by atoms with Gasteiger partial charge in [0.05, 0.1) is 0 Å². The van der Waals surface area contributed by atoms with E-state index in [4.69, 9.17) is 11.6 Å². The van der Waals surface area contributed by atoms with Crippen LogP contribution in [0.15, 0.2) is 60.8 Å². The summed E-state index contributed by atoms with van der Waals surface area (Å²) in [6.07, 6.45) is 3.50. The van der Waals surface area contributed by atoms with Gasteiger partial charge < -0.3 is 10.6 Å². The number of benzene rings is 2. The maximum absolute atomic E-state index is 12.4. The number of nitrogens with zero attached hydrogens (tertiary/aromatic N) is 2. The molecule has 6 heteroatoms. The van der Waals surface area contributed by atoms with E-state index in [1.54, 1.807) is 18.3 Å². The number of carbonyl (C=O) groups excluding carboxylic acids is 1. The van der Waals surface area contributed by atoms with Crippen LogP contribution in [-0.4, -0.2) is 22.4 Å². The molecular weight excluding hydrogens is 360 g/mol. The number of nitrogens with one attached hydrogen (secondary N) is 2. The van der Waals surface area contributed by atoms with E-state index in [-0.39, 0.29) is 5.91 Å². The van der Waals surface area contributed by atoms with Crippen LogP contribution >= 0.6 is 11.6 Å². The number of anilines is 2. The fourth-order valence-electron chi connectivity index (χ4n) is 2.57. The van der Waals surface area contributed by atoms with Crippen LogP contribution in [-0.2, 0) is 6.42 Å². The van der Waals surface area contributed by atoms with Gasteiger partial charge in [-0.25, -0.2) is 9.97 Å². The van der Waals surface area contributed by atoms with Crippen LogP contribution in [0.1, 0.15) is 28.0 Å². The van der Waals surface area contributed by atoms with Crippen molar-refractivity contribution in [1.82, 2.24) is 9.97 Å². The summed E-state index contributed by atoms with van der Waals surface area (Å²) in [4.78, 5) is 20.9. The lowest BCUT2D eigenvalue weighted by atomic mass is 10.1. The number of amides is 1. The van der Waals surface area contributed by atoms with Crippen molar-refractivity contribution in [2.75, 3.05) is 17.2 Å². The molecule has 0 aliphatic rings. The largest absolute Gasteiger partial charge is 0.354 e. The third kappa shape index (κ3) is 5.53. The number of halogens is 1. The highest BCUT2D eigenvalue weighted by Crippen LogP contribution is 2.20. The average molecular weight is 381 g/mol. The molecule has 0 atom stereocenters. The number of hydrogen-bond donors (Lipinski definition) is 2. The Labute approximate surface area is 163 Å². The van der Waals surface area contributed by atoms with Crippen molar-refractivity contribution in [3.05, 3.63) is 82.6 Å². The van der Waals surface area contributed by atoms with Gasteiger partial charge in [-0.2, -0.15) is 0 Å². The smallest absolute Gasteiger partial charge is 0.274 e. The van der Waals surface area contributed by atoms with Crippen molar-refractivity contribution < 1.29 is 4.79 Å². The van der Waals surface area contributed by atoms with Gasteiger partial charge in [0, 0.05) is 23.5 Å². The van der Waals surface area contributed by atoms with E-state index in [0.29, 0.717) is 22.4 Å². The van der Waals surface area contributed by atoms with Gasteiger partial charge in [-0.3, -0.25) is 4.79 Å². The normalized spacial score (nSPS) is 10.4. The molecule has 0 saturated heterocycles. The number of rotatable bonds is 7. The molecule has 27 heavy (non-hydrogen) atoms. The highest BCUT2D eigenvalue weighted by molar-refractivity contribution is 6.31. The number of aromatic nitrogens is 2. The van der Waals surface area contributed by atoms with E-state index in [2.05, 4.69) is 32.7 Å². The Kier molecular flexibility index (Phi) is 6.39. The molecule has 0 fully saturated rings. The Morgan fingerprint density at radius 1 is 1.11 bits per heavy atom. The summed E-state index contributed by atoms with van der Waals surface area (Å²) >= 11 is 6.10. The van der Waals surface area contributed by atoms with Crippen LogP contribution in [0.2, 0.25) is 5.02 Å². The standard InChI is InChI=1S/C21H21ClN4O/c1-15-9-10-17(14-18(15)22)25-20(27)19-11-13-24-21(26-19)23-12-5-8-16-6-3-2-4-7-16/h2-4,6-7,9-11,13-14H,5,8,12H2,1H3,(H,25,27)(H,23,24,26). The number of aryl methyl sites for hydroxylation is 2. The van der Waals surface area contributed by atoms with Crippen molar-refractivity contribution in [2.24, 2.45) is 0 Å². The van der Waals surface area contributed by atoms with Crippen LogP contribution in [0.25, 0.3) is 0 Å². The maximum Gasteiger partial charge on any atom is 0.274 e. The van der Waals surface area contributed by atoms with Gasteiger partial charge in [-0.1, -0.05) is 48.0 Å². The Morgan fingerprint density at radius 2 is 1.93 bits per heavy atom. The fourth-order valence-corrected chi connectivity index (χ4v) is 2.75. The highest BCUT2D eigenvalue weighted by Gasteiger charge is 2.10. The topological polar surface area (TPSA) is 66.9 Å². The predicted octanol–water partition coefficient (Wildman–Crippen LogP) is 4.74. The second-order valence-electron chi connectivity index (χ2n) is 6.20. The minimum atomic E-state index is -0.301. The Bertz CT molecular complexity index is 915. The van der Waals surface area contributed by atoms with Gasteiger partial charge in [0.1, 0.15) is 5.69 Å². The van der Waals surface area contributed by atoms with Gasteiger partial charge in [0.15, 0.2) is 0 Å². The zero-order chi connectivity index (χ0) is 19.1. The summed E-state index contributed by atoms with van der Waals surface area (Å²) in [6.45, 7) is 2.64. The van der Waals surface area contributed by atoms with Crippen molar-refractivity contribution in [3.8, 4) is 0 Å². The molecule has 138 valence electrons. The summed E-state index contributed by atoms with van der Waals surface area (Å²) in [6, 6.07) is 17.3. The SMILES string of the molecule is Cc1ccc(NC(=O)c2ccnc(NCCCc3ccccc3)n2)cc1Cl. The molecule has 5 nitrogen and oxygen atoms in total. The van der Waals surface area contributed by atoms with Crippen LogP contribution in [0.4, 0.5) is 11.6 Å². The molecule has 0 saturated carbocycles. The Balaban J connectivity index is 1.54. The Morgan fingerprint density at radius 3 is 2.70 bits per heavy atom. The third-order valence-electron chi connectivity index (χ3n) is 4.09. The second-order valence-corrected chi connectivity index (χ2v) is 6.61. The highest BCUT2D eigenvalue weighted by atomic mass is 35.5. The zero-order valence-electron chi connectivity index (χ0n) is 15.1. The van der Waals surface area contributed by atoms with Crippen molar-refractivity contribution in [2.45, 2.75) is 19.8 Å². The summed E-state index contributed by atoms with van der Waals surface area (Å²) in [5.41, 5.74) is 3.18. The summed E-state index contributed by atoms with van der Waals surface area (Å²) in [5.74, 6) is 0.141. The molecule has 0 aliphatic carbocycles. The first-order chi connectivity index (χ1) is 13.1. The number of carbonyl (C=O) groups is 1. The first-order valence-corrected chi connectivity index (χ1v) is 9.18. The van der Waals surface area contributed by atoms with Gasteiger partial charge >= 0.3 is 0 Å². The van der Waals surface area contributed by atoms with Gasteiger partial charge in [-0.05, 0) is 49.1 Å². The van der Waals surface area contributed by atoms with E-state index in [9.17, 15) is 4.79 Å². The van der Waals surface area contributed by atoms with Gasteiger partial charge in [0.25, 0.3) is 5.91 Å². The lowest BCUT2D eigenvalue weighted by molar-refractivity contribution is 0.102. The minimum absolute atomic E-state index is 0.298. The van der Waals surface area contributed by atoms with E-state index >= 15 is 0 Å². The minimum Gasteiger partial charge on any atom is -0.354 e. The van der Waals surface area contributed by atoms with Crippen molar-refractivity contribution in [1.29, 1.82) is 0 Å². The van der Waals surface area contributed by atoms with Crippen LogP contribution in [0.3, 0.4) is 0 Å². The fraction of sp³-hybridized carbons (Fsp3) is 0.190. The first kappa shape index (κ1) is 18.9. The van der Waals surface area contributed by atoms with Crippen LogP contribution in [0.5, 0.6) is 0 Å². The van der Waals surface area contributed by atoms with E-state index in [1.165, 1.54) is 5.56 Å². The molecule has 0 spiro atoms. The molecule has 1 aromatic heterocycles. The molecule has 0 unspecified atom stereocenters. The molecule has 0 bridgehead atoms. The molecule has 0 radical (unpaired) electrons. The molecule has 3 aromatic rings. The molecule has 2 aromatic carbocycles. The molecular formula is C21H21ClN4O. The van der Waals surface area contributed by atoms with E-state index < -0.39 is 0 Å². The molecule has 3 rings (SSSR count). The van der Waals surface area contributed by atoms with Crippen molar-refractivity contribution in [3.63, 3.8) is 0 Å². The lowest BCUT2D eigenvalue weighted by Gasteiger charge is -2.08. The zero-order valence-corrected chi connectivity index (χ0v) is 15.8. The van der Waals surface area contributed by atoms with Gasteiger partial charge in [0.2, 0.25) is 5.95 Å². The summed E-state index contributed by atoms with van der Waals surface area (Å²) in [7, 11) is 0. The monoisotopic (exact) mass is 380 g/mol. The summed E-state index contributed by atoms with van der Waals surface area (Å²) < 4.78 is 0. The van der Waals surface area contributed by atoms with Crippen LogP contribution < -0.4 is 10.6 Å². The average Bonchev–Trinajstić information content (AvgIpc) is 2.69. The predicted molar refractivity (Wildman–Crippen MR) is 109 cm³/mol. The molecule has 1 heterocycles. The lowest BCUT2D eigenvalue weighted by Crippen LogP contribution is -2.15.